The lowest BCUT2D eigenvalue weighted by atomic mass is 9.89. The molecule has 10 rings (SSSR count). The molecule has 0 unspecified atom stereocenters. The molecular weight excluding hydrogens is 537 g/mol. The summed E-state index contributed by atoms with van der Waals surface area (Å²) >= 11 is 0.680. The van der Waals surface area contributed by atoms with Crippen molar-refractivity contribution < 1.29 is 32.9 Å². The minimum absolute atomic E-state index is 0.0530. The maximum absolute atomic E-state index is 9.53. The molecule has 0 spiro atoms. The normalized spacial score (nSPS) is 20.4. The molecule has 0 bridgehead atoms. The fraction of sp³-hybridized carbons (Fsp3) is 0. The second kappa shape index (κ2) is 8.70. The van der Waals surface area contributed by atoms with Gasteiger partial charge in [0.1, 0.15) is 0 Å². The summed E-state index contributed by atoms with van der Waals surface area (Å²) in [6, 6.07) is -17.4. The van der Waals surface area contributed by atoms with Crippen molar-refractivity contribution in [1.29, 1.82) is 0 Å². The van der Waals surface area contributed by atoms with Crippen LogP contribution < -0.4 is 0 Å². The van der Waals surface area contributed by atoms with Crippen molar-refractivity contribution in [1.82, 2.24) is 0 Å². The third-order valence-electron chi connectivity index (χ3n) is 7.39. The lowest BCUT2D eigenvalue weighted by Crippen LogP contribution is -1.93. The smallest absolute Gasteiger partial charge is 0.0636 e. The molecule has 0 aromatic heterocycles. The zero-order chi connectivity index (χ0) is 49.0. The number of hydrogen-bond acceptors (Lipinski definition) is 1. The summed E-state index contributed by atoms with van der Waals surface area (Å²) in [5.74, 6) is 0. The van der Waals surface area contributed by atoms with E-state index in [2.05, 4.69) is 0 Å². The van der Waals surface area contributed by atoms with Crippen molar-refractivity contribution in [2.45, 2.75) is 9.79 Å². The van der Waals surface area contributed by atoms with Gasteiger partial charge in [-0.3, -0.25) is 0 Å². The van der Waals surface area contributed by atoms with E-state index in [9.17, 15) is 12.3 Å². The number of hydrogen-bond donors (Lipinski definition) is 0. The monoisotopic (exact) mass is 584 g/mol. The largest absolute Gasteiger partial charge is 0.0888 e. The van der Waals surface area contributed by atoms with E-state index < -0.39 is 183 Å². The van der Waals surface area contributed by atoms with Gasteiger partial charge in [0.25, 0.3) is 0 Å². The SMILES string of the molecule is [2H]c1c([2H])c(-c2c([2H])c([2H])c3c([2H])c(-c4c([2H])c([2H])c5c([2H])c([2H])c6c([2H])c([2H])c([2H])c7c([2H])c([2H])c4c5c67)c([2H])c([2H])c3c2[2H])c([2H])c2c1Sc1c([2H])c([2H])c([2H])c3c([2H])c([2H])c([2H])c-2c13. The van der Waals surface area contributed by atoms with Crippen LogP contribution in [0, 0.1) is 0 Å². The Bertz CT molecular complexity index is 3900. The summed E-state index contributed by atoms with van der Waals surface area (Å²) in [5.41, 5.74) is -3.08. The quantitative estimate of drug-likeness (QED) is 0.182. The Morgan fingerprint density at radius 2 is 0.930 bits per heavy atom. The predicted molar refractivity (Wildman–Crippen MR) is 186 cm³/mol. The summed E-state index contributed by atoms with van der Waals surface area (Å²) in [6.45, 7) is 0. The van der Waals surface area contributed by atoms with E-state index in [0.717, 1.165) is 0 Å². The van der Waals surface area contributed by atoms with Crippen molar-refractivity contribution >= 4 is 65.6 Å². The van der Waals surface area contributed by atoms with Gasteiger partial charge >= 0.3 is 0 Å². The molecule has 43 heavy (non-hydrogen) atoms. The lowest BCUT2D eigenvalue weighted by molar-refractivity contribution is 1.40. The lowest BCUT2D eigenvalue weighted by Gasteiger charge is -2.21. The van der Waals surface area contributed by atoms with Crippen LogP contribution in [-0.4, -0.2) is 0 Å². The van der Waals surface area contributed by atoms with Crippen molar-refractivity contribution in [3.8, 4) is 33.4 Å². The highest BCUT2D eigenvalue weighted by atomic mass is 32.2. The molecule has 0 saturated heterocycles. The van der Waals surface area contributed by atoms with Gasteiger partial charge in [-0.1, -0.05) is 127 Å². The first kappa shape index (κ1) is 10.3. The first-order valence-corrected chi connectivity index (χ1v) is 13.7. The van der Waals surface area contributed by atoms with E-state index in [0.29, 0.717) is 11.8 Å². The number of rotatable bonds is 2. The Kier molecular flexibility index (Phi) is 2.08. The second-order valence-electron chi connectivity index (χ2n) is 9.76. The van der Waals surface area contributed by atoms with Crippen LogP contribution >= 0.6 is 11.8 Å². The van der Waals surface area contributed by atoms with Crippen LogP contribution in [0.3, 0.4) is 0 Å². The topological polar surface area (TPSA) is 0 Å². The molecule has 0 nitrogen and oxygen atoms in total. The third-order valence-corrected chi connectivity index (χ3v) is 8.41. The van der Waals surface area contributed by atoms with Crippen LogP contribution in [0.4, 0.5) is 0 Å². The average molecular weight is 585 g/mol. The van der Waals surface area contributed by atoms with E-state index in [1.165, 1.54) is 0 Å². The minimum atomic E-state index is -0.909. The molecule has 1 aliphatic heterocycles. The molecule has 198 valence electrons. The van der Waals surface area contributed by atoms with Gasteiger partial charge < -0.3 is 0 Å². The Labute approximate surface area is 287 Å². The molecule has 1 aliphatic rings. The van der Waals surface area contributed by atoms with Crippen LogP contribution in [0.5, 0.6) is 0 Å². The Morgan fingerprint density at radius 1 is 0.349 bits per heavy atom. The molecule has 0 saturated carbocycles. The Balaban J connectivity index is 1.33. The molecule has 1 heteroatoms. The summed E-state index contributed by atoms with van der Waals surface area (Å²) in [6.07, 6.45) is 0. The molecule has 0 aliphatic carbocycles. The molecule has 1 heterocycles. The first-order chi connectivity index (χ1) is 31.3. The second-order valence-corrected chi connectivity index (χ2v) is 10.8. The summed E-state index contributed by atoms with van der Waals surface area (Å²) in [7, 11) is 0. The first-order valence-electron chi connectivity index (χ1n) is 24.9. The van der Waals surface area contributed by atoms with Crippen LogP contribution in [0.15, 0.2) is 155 Å². The number of benzene rings is 9. The van der Waals surface area contributed by atoms with Crippen LogP contribution in [0.2, 0.25) is 0 Å². The highest BCUT2D eigenvalue weighted by molar-refractivity contribution is 7.99. The Morgan fingerprint density at radius 3 is 1.77 bits per heavy atom. The van der Waals surface area contributed by atoms with E-state index in [1.807, 2.05) is 0 Å². The zero-order valence-corrected chi connectivity index (χ0v) is 22.2. The molecule has 0 radical (unpaired) electrons. The van der Waals surface area contributed by atoms with Gasteiger partial charge in [-0.2, -0.15) is 0 Å². The maximum Gasteiger partial charge on any atom is 0.0636 e. The zero-order valence-electron chi connectivity index (χ0n) is 45.4. The fourth-order valence-corrected chi connectivity index (χ4v) is 6.42. The van der Waals surface area contributed by atoms with Crippen LogP contribution in [-0.2, 0) is 0 Å². The Hall–Kier alpha value is -5.11. The molecule has 9 aromatic carbocycles. The summed E-state index contributed by atoms with van der Waals surface area (Å²) < 4.78 is 215. The van der Waals surface area contributed by atoms with Crippen LogP contribution in [0.25, 0.3) is 87.2 Å². The third kappa shape index (κ3) is 3.40. The highest BCUT2D eigenvalue weighted by Crippen LogP contribution is 2.49. The van der Waals surface area contributed by atoms with Crippen LogP contribution in [0.1, 0.15) is 32.9 Å². The predicted octanol–water partition coefficient (Wildman–Crippen LogP) is 12.4. The molecule has 0 amide bonds. The van der Waals surface area contributed by atoms with Crippen molar-refractivity contribution in [3.63, 3.8) is 0 Å². The van der Waals surface area contributed by atoms with Gasteiger partial charge in [0, 0.05) is 15.2 Å². The average Bonchev–Trinajstić information content (AvgIpc) is 3.28. The maximum atomic E-state index is 9.53. The standard InChI is InChI=1S/C42H24S/c1-4-26-10-11-28-16-19-34(36-20-17-27(5-1)40(26)42(28)36)33-15-14-29-22-30(12-13-31(29)23-33)32-18-21-38-37(24-32)35-8-2-6-25-7-3-9-39(43-38)41(25)35/h1-24H/i1D,2D,3D,4D,5D,6D,7D,8D,9D,10D,11D,12D,13D,14D,15D,16D,17D,18D,19D,20D,21D,22D,23D,24D. The molecule has 9 aromatic rings. The summed E-state index contributed by atoms with van der Waals surface area (Å²) in [5, 5.41) is -3.57. The van der Waals surface area contributed by atoms with E-state index >= 15 is 0 Å². The van der Waals surface area contributed by atoms with E-state index in [-0.39, 0.29) is 58.6 Å². The fourth-order valence-electron chi connectivity index (χ4n) is 5.45. The van der Waals surface area contributed by atoms with Gasteiger partial charge in [-0.05, 0) is 112 Å². The van der Waals surface area contributed by atoms with Crippen molar-refractivity contribution in [3.05, 3.63) is 145 Å². The van der Waals surface area contributed by atoms with Gasteiger partial charge in [0.2, 0.25) is 0 Å². The molecule has 0 atom stereocenters. The highest BCUT2D eigenvalue weighted by Gasteiger charge is 2.19. The molecule has 0 N–H and O–H groups in total. The van der Waals surface area contributed by atoms with E-state index in [1.54, 1.807) is 0 Å². The van der Waals surface area contributed by atoms with Gasteiger partial charge in [0.05, 0.1) is 32.9 Å². The minimum Gasteiger partial charge on any atom is -0.0888 e. The van der Waals surface area contributed by atoms with Gasteiger partial charge in [0.15, 0.2) is 0 Å². The number of fused-ring (bicyclic) bond motifs is 3. The summed E-state index contributed by atoms with van der Waals surface area (Å²) in [4.78, 5) is -0.225. The van der Waals surface area contributed by atoms with Gasteiger partial charge in [-0.25, -0.2) is 0 Å². The molecular formula is C42H24S. The van der Waals surface area contributed by atoms with Gasteiger partial charge in [-0.15, -0.1) is 0 Å². The molecule has 0 fully saturated rings. The van der Waals surface area contributed by atoms with Crippen molar-refractivity contribution in [2.24, 2.45) is 0 Å². The van der Waals surface area contributed by atoms with Crippen molar-refractivity contribution in [2.75, 3.05) is 0 Å². The van der Waals surface area contributed by atoms with E-state index in [4.69, 9.17) is 20.6 Å².